The molecule has 0 bridgehead atoms. The molecule has 0 aliphatic rings. The number of carbonyl (C=O) groups is 1. The number of rotatable bonds is 10. The molecule has 0 aliphatic heterocycles. The van der Waals surface area contributed by atoms with Crippen molar-refractivity contribution >= 4 is 15.9 Å². The number of ether oxygens (including phenoxy) is 2. The summed E-state index contributed by atoms with van der Waals surface area (Å²) in [4.78, 5) is 24.0. The van der Waals surface area contributed by atoms with Crippen LogP contribution in [0.25, 0.3) is 0 Å². The molecule has 0 fully saturated rings. The second kappa shape index (κ2) is 10.1. The van der Waals surface area contributed by atoms with Gasteiger partial charge in [-0.25, -0.2) is 12.7 Å². The smallest absolute Gasteiger partial charge is 0.251 e. The molecule has 1 N–H and O–H groups in total. The van der Waals surface area contributed by atoms with Gasteiger partial charge in [0.05, 0.1) is 18.0 Å². The third kappa shape index (κ3) is 6.33. The van der Waals surface area contributed by atoms with E-state index in [1.54, 1.807) is 24.3 Å². The molecule has 0 aliphatic carbocycles. The maximum absolute atomic E-state index is 12.2. The summed E-state index contributed by atoms with van der Waals surface area (Å²) in [6.07, 6.45) is 1.16. The van der Waals surface area contributed by atoms with E-state index in [-0.39, 0.29) is 24.6 Å². The van der Waals surface area contributed by atoms with E-state index in [0.717, 1.165) is 26.9 Å². The lowest BCUT2D eigenvalue weighted by Gasteiger charge is -2.13. The van der Waals surface area contributed by atoms with Gasteiger partial charge in [0, 0.05) is 26.4 Å². The number of benzene rings is 1. The van der Waals surface area contributed by atoms with E-state index < -0.39 is 21.5 Å². The molecule has 0 spiro atoms. The van der Waals surface area contributed by atoms with Crippen molar-refractivity contribution in [3.8, 4) is 11.5 Å². The molecule has 0 saturated heterocycles. The van der Waals surface area contributed by atoms with Crippen LogP contribution in [0.1, 0.15) is 6.92 Å². The molecule has 0 unspecified atom stereocenters. The van der Waals surface area contributed by atoms with E-state index in [2.05, 4.69) is 5.32 Å². The van der Waals surface area contributed by atoms with E-state index in [9.17, 15) is 18.0 Å². The lowest BCUT2D eigenvalue weighted by atomic mass is 10.3. The average molecular weight is 423 g/mol. The number of nitrogens with one attached hydrogen (secondary N) is 1. The highest BCUT2D eigenvalue weighted by atomic mass is 32.2. The Morgan fingerprint density at radius 2 is 1.69 bits per heavy atom. The van der Waals surface area contributed by atoms with Gasteiger partial charge in [0.25, 0.3) is 5.56 Å². The van der Waals surface area contributed by atoms with Gasteiger partial charge in [-0.15, -0.1) is 0 Å². The molecular weight excluding hydrogens is 398 g/mol. The Labute approximate surface area is 169 Å². The average Bonchev–Trinajstić information content (AvgIpc) is 2.68. The third-order valence-electron chi connectivity index (χ3n) is 3.88. The van der Waals surface area contributed by atoms with Crippen molar-refractivity contribution in [1.29, 1.82) is 0 Å². The number of pyridine rings is 1. The molecule has 158 valence electrons. The third-order valence-corrected chi connectivity index (χ3v) is 5.68. The molecule has 2 aromatic rings. The number of hydrogen-bond acceptors (Lipinski definition) is 6. The second-order valence-electron chi connectivity index (χ2n) is 6.22. The molecule has 2 rings (SSSR count). The number of carbonyl (C=O) groups excluding carboxylic acids is 1. The van der Waals surface area contributed by atoms with Crippen LogP contribution in [0.3, 0.4) is 0 Å². The van der Waals surface area contributed by atoms with E-state index in [0.29, 0.717) is 12.4 Å². The monoisotopic (exact) mass is 423 g/mol. The Morgan fingerprint density at radius 1 is 1.07 bits per heavy atom. The molecule has 10 heteroatoms. The van der Waals surface area contributed by atoms with E-state index >= 15 is 0 Å². The van der Waals surface area contributed by atoms with Crippen molar-refractivity contribution < 1.29 is 22.7 Å². The summed E-state index contributed by atoms with van der Waals surface area (Å²) in [6.45, 7) is 2.66. The highest BCUT2D eigenvalue weighted by molar-refractivity contribution is 7.89. The summed E-state index contributed by atoms with van der Waals surface area (Å²) >= 11 is 0. The van der Waals surface area contributed by atoms with Crippen LogP contribution in [-0.2, 0) is 21.4 Å². The lowest BCUT2D eigenvalue weighted by molar-refractivity contribution is -0.121. The van der Waals surface area contributed by atoms with Crippen LogP contribution in [0.4, 0.5) is 0 Å². The van der Waals surface area contributed by atoms with Crippen molar-refractivity contribution in [3.63, 3.8) is 0 Å². The topological polar surface area (TPSA) is 107 Å². The molecule has 0 radical (unpaired) electrons. The van der Waals surface area contributed by atoms with Gasteiger partial charge in [-0.1, -0.05) is 0 Å². The van der Waals surface area contributed by atoms with Gasteiger partial charge in [0.1, 0.15) is 24.7 Å². The lowest BCUT2D eigenvalue weighted by Crippen LogP contribution is -2.34. The zero-order valence-electron chi connectivity index (χ0n) is 16.6. The number of amides is 1. The Balaban J connectivity index is 1.87. The van der Waals surface area contributed by atoms with Crippen molar-refractivity contribution in [2.24, 2.45) is 0 Å². The van der Waals surface area contributed by atoms with Gasteiger partial charge in [0.15, 0.2) is 0 Å². The normalized spacial score (nSPS) is 11.3. The van der Waals surface area contributed by atoms with Crippen LogP contribution in [0.15, 0.2) is 52.3 Å². The van der Waals surface area contributed by atoms with Gasteiger partial charge < -0.3 is 19.4 Å². The van der Waals surface area contributed by atoms with Gasteiger partial charge >= 0.3 is 0 Å². The zero-order valence-corrected chi connectivity index (χ0v) is 17.4. The molecule has 0 atom stereocenters. The maximum Gasteiger partial charge on any atom is 0.251 e. The Kier molecular flexibility index (Phi) is 7.80. The van der Waals surface area contributed by atoms with E-state index in [1.165, 1.54) is 20.2 Å². The molecular formula is C19H25N3O6S. The Hall–Kier alpha value is -2.85. The molecule has 1 aromatic carbocycles. The largest absolute Gasteiger partial charge is 0.494 e. The van der Waals surface area contributed by atoms with Crippen LogP contribution in [0, 0.1) is 0 Å². The summed E-state index contributed by atoms with van der Waals surface area (Å²) in [5.74, 6) is 0.958. The molecule has 0 saturated carbocycles. The summed E-state index contributed by atoms with van der Waals surface area (Å²) in [5.41, 5.74) is -0.469. The van der Waals surface area contributed by atoms with Gasteiger partial charge in [-0.05, 0) is 37.3 Å². The molecule has 29 heavy (non-hydrogen) atoms. The first-order valence-corrected chi connectivity index (χ1v) is 10.4. The Bertz CT molecular complexity index is 984. The van der Waals surface area contributed by atoms with Crippen LogP contribution >= 0.6 is 0 Å². The highest BCUT2D eigenvalue weighted by Crippen LogP contribution is 2.17. The second-order valence-corrected chi connectivity index (χ2v) is 8.37. The van der Waals surface area contributed by atoms with Crippen molar-refractivity contribution in [2.75, 3.05) is 33.9 Å². The Morgan fingerprint density at radius 3 is 2.28 bits per heavy atom. The molecule has 1 amide bonds. The fourth-order valence-electron chi connectivity index (χ4n) is 2.37. The molecule has 1 aromatic heterocycles. The standard InChI is InChI=1S/C19H25N3O6S/c1-4-27-15-5-7-16(8-6-15)28-12-11-20-18(23)14-22-13-17(9-10-19(22)24)29(25,26)21(2)3/h5-10,13H,4,11-12,14H2,1-3H3,(H,20,23). The first-order valence-electron chi connectivity index (χ1n) is 8.99. The van der Waals surface area contributed by atoms with Crippen LogP contribution in [0.5, 0.6) is 11.5 Å². The number of sulfonamides is 1. The van der Waals surface area contributed by atoms with E-state index in [4.69, 9.17) is 9.47 Å². The van der Waals surface area contributed by atoms with Crippen molar-refractivity contribution in [2.45, 2.75) is 18.4 Å². The van der Waals surface area contributed by atoms with Crippen LogP contribution in [-0.4, -0.2) is 57.1 Å². The summed E-state index contributed by atoms with van der Waals surface area (Å²) in [5, 5.41) is 2.63. The highest BCUT2D eigenvalue weighted by Gasteiger charge is 2.18. The predicted octanol–water partition coefficient (Wildman–Crippen LogP) is 0.693. The maximum atomic E-state index is 12.2. The summed E-state index contributed by atoms with van der Waals surface area (Å²) in [7, 11) is -0.916. The minimum absolute atomic E-state index is 0.0614. The number of aromatic nitrogens is 1. The first-order chi connectivity index (χ1) is 13.7. The minimum Gasteiger partial charge on any atom is -0.494 e. The number of nitrogens with zero attached hydrogens (tertiary/aromatic N) is 2. The SMILES string of the molecule is CCOc1ccc(OCCNC(=O)Cn2cc(S(=O)(=O)N(C)C)ccc2=O)cc1. The predicted molar refractivity (Wildman–Crippen MR) is 108 cm³/mol. The summed E-state index contributed by atoms with van der Waals surface area (Å²) in [6, 6.07) is 9.46. The molecule has 1 heterocycles. The minimum atomic E-state index is -3.70. The van der Waals surface area contributed by atoms with Gasteiger partial charge in [-0.3, -0.25) is 9.59 Å². The van der Waals surface area contributed by atoms with Crippen LogP contribution < -0.4 is 20.3 Å². The summed E-state index contributed by atoms with van der Waals surface area (Å²) < 4.78 is 37.3. The fraction of sp³-hybridized carbons (Fsp3) is 0.368. The van der Waals surface area contributed by atoms with Gasteiger partial charge in [0.2, 0.25) is 15.9 Å². The van der Waals surface area contributed by atoms with Crippen molar-refractivity contribution in [3.05, 3.63) is 52.9 Å². The zero-order chi connectivity index (χ0) is 21.4. The van der Waals surface area contributed by atoms with Crippen LogP contribution in [0.2, 0.25) is 0 Å². The van der Waals surface area contributed by atoms with E-state index in [1.807, 2.05) is 6.92 Å². The number of hydrogen-bond donors (Lipinski definition) is 1. The van der Waals surface area contributed by atoms with Gasteiger partial charge in [-0.2, -0.15) is 0 Å². The van der Waals surface area contributed by atoms with Crippen molar-refractivity contribution in [1.82, 2.24) is 14.2 Å². The fourth-order valence-corrected chi connectivity index (χ4v) is 3.29. The molecule has 9 nitrogen and oxygen atoms in total. The first kappa shape index (κ1) is 22.4. The quantitative estimate of drug-likeness (QED) is 0.564.